The molecule has 0 unspecified atom stereocenters. The number of nitrogens with two attached hydrogens (primary N) is 1. The minimum absolute atomic E-state index is 0.269. The summed E-state index contributed by atoms with van der Waals surface area (Å²) < 4.78 is 15.2. The van der Waals surface area contributed by atoms with Crippen LogP contribution >= 0.6 is 0 Å². The molecule has 0 aliphatic rings. The number of aromatic nitrogens is 2. The van der Waals surface area contributed by atoms with Crippen molar-refractivity contribution < 1.29 is 4.39 Å². The van der Waals surface area contributed by atoms with Crippen LogP contribution in [0.3, 0.4) is 0 Å². The zero-order valence-electron chi connectivity index (χ0n) is 14.1. The number of rotatable bonds is 5. The highest BCUT2D eigenvalue weighted by Crippen LogP contribution is 2.33. The van der Waals surface area contributed by atoms with Crippen LogP contribution in [0.25, 0.3) is 22.3 Å². The van der Waals surface area contributed by atoms with Crippen LogP contribution in [0.15, 0.2) is 73.5 Å². The minimum atomic E-state index is -0.269. The van der Waals surface area contributed by atoms with E-state index in [-0.39, 0.29) is 5.82 Å². The van der Waals surface area contributed by atoms with Gasteiger partial charge in [-0.05, 0) is 48.4 Å². The Morgan fingerprint density at radius 2 is 2.00 bits per heavy atom. The van der Waals surface area contributed by atoms with Gasteiger partial charge in [-0.25, -0.2) is 8.91 Å². The molecule has 3 nitrogen and oxygen atoms in total. The van der Waals surface area contributed by atoms with Crippen LogP contribution in [0, 0.1) is 5.82 Å². The first-order valence-electron chi connectivity index (χ1n) is 8.11. The van der Waals surface area contributed by atoms with Gasteiger partial charge in [0.05, 0.1) is 5.52 Å². The second kappa shape index (κ2) is 7.28. The molecule has 3 rings (SSSR count). The summed E-state index contributed by atoms with van der Waals surface area (Å²) in [6.45, 7) is 6.22. The Bertz CT molecular complexity index is 963. The molecule has 0 fully saturated rings. The van der Waals surface area contributed by atoms with Crippen LogP contribution in [0.5, 0.6) is 0 Å². The van der Waals surface area contributed by atoms with Gasteiger partial charge in [0, 0.05) is 23.9 Å². The molecule has 0 amide bonds. The lowest BCUT2D eigenvalue weighted by atomic mass is 9.98. The van der Waals surface area contributed by atoms with Gasteiger partial charge in [-0.15, -0.1) is 0 Å². The Balaban J connectivity index is 2.33. The van der Waals surface area contributed by atoms with Crippen LogP contribution < -0.4 is 5.73 Å². The number of allylic oxidation sites excluding steroid dienone is 5. The summed E-state index contributed by atoms with van der Waals surface area (Å²) in [7, 11) is 0. The first-order chi connectivity index (χ1) is 12.2. The van der Waals surface area contributed by atoms with E-state index in [4.69, 9.17) is 10.8 Å². The van der Waals surface area contributed by atoms with E-state index >= 15 is 0 Å². The standard InChI is InChI=1S/C21H20FN3/c1-3-5-16(6-4-2)20-19-12-7-15(13-23)14-25(19)24-21(20)17-8-10-18(22)11-9-17/h3-12,14H,1,13,23H2,2H3/b6-4-,16-5+. The predicted octanol–water partition coefficient (Wildman–Crippen LogP) is 4.74. The topological polar surface area (TPSA) is 43.3 Å². The number of benzene rings is 1. The van der Waals surface area contributed by atoms with Gasteiger partial charge in [0.15, 0.2) is 0 Å². The van der Waals surface area contributed by atoms with E-state index in [9.17, 15) is 4.39 Å². The van der Waals surface area contributed by atoms with Crippen LogP contribution in [0.1, 0.15) is 18.1 Å². The summed E-state index contributed by atoms with van der Waals surface area (Å²) in [4.78, 5) is 0. The summed E-state index contributed by atoms with van der Waals surface area (Å²) in [5, 5.41) is 4.74. The molecule has 0 saturated heterocycles. The Labute approximate surface area is 146 Å². The molecule has 25 heavy (non-hydrogen) atoms. The van der Waals surface area contributed by atoms with E-state index in [0.717, 1.165) is 33.5 Å². The maximum absolute atomic E-state index is 13.3. The second-order valence-corrected chi connectivity index (χ2v) is 5.66. The maximum Gasteiger partial charge on any atom is 0.123 e. The molecule has 0 bridgehead atoms. The van der Waals surface area contributed by atoms with Gasteiger partial charge in [-0.2, -0.15) is 5.10 Å². The van der Waals surface area contributed by atoms with E-state index in [1.54, 1.807) is 18.2 Å². The molecular weight excluding hydrogens is 313 g/mol. The molecule has 0 atom stereocenters. The fraction of sp³-hybridized carbons (Fsp3) is 0.0952. The van der Waals surface area contributed by atoms with Crippen molar-refractivity contribution in [3.8, 4) is 11.3 Å². The van der Waals surface area contributed by atoms with Crippen molar-refractivity contribution >= 4 is 11.1 Å². The van der Waals surface area contributed by atoms with Crippen LogP contribution in [-0.2, 0) is 6.54 Å². The van der Waals surface area contributed by atoms with E-state index in [2.05, 4.69) is 6.58 Å². The summed E-state index contributed by atoms with van der Waals surface area (Å²) in [6, 6.07) is 10.4. The van der Waals surface area contributed by atoms with Gasteiger partial charge in [0.25, 0.3) is 0 Å². The lowest BCUT2D eigenvalue weighted by Gasteiger charge is -2.05. The molecule has 3 aromatic rings. The Morgan fingerprint density at radius 3 is 2.64 bits per heavy atom. The zero-order chi connectivity index (χ0) is 17.8. The van der Waals surface area contributed by atoms with Crippen LogP contribution in [0.4, 0.5) is 4.39 Å². The molecule has 0 saturated carbocycles. The highest BCUT2D eigenvalue weighted by molar-refractivity contribution is 5.92. The highest BCUT2D eigenvalue weighted by atomic mass is 19.1. The molecule has 126 valence electrons. The molecule has 0 radical (unpaired) electrons. The molecule has 0 aliphatic carbocycles. The number of pyridine rings is 1. The average Bonchev–Trinajstić information content (AvgIpc) is 3.00. The number of hydrogen-bond acceptors (Lipinski definition) is 2. The predicted molar refractivity (Wildman–Crippen MR) is 101 cm³/mol. The first kappa shape index (κ1) is 16.9. The number of halogens is 1. The molecule has 4 heteroatoms. The Kier molecular flexibility index (Phi) is 4.91. The monoisotopic (exact) mass is 333 g/mol. The quantitative estimate of drug-likeness (QED) is 0.685. The largest absolute Gasteiger partial charge is 0.326 e. The van der Waals surface area contributed by atoms with Gasteiger partial charge >= 0.3 is 0 Å². The Hall–Kier alpha value is -2.98. The van der Waals surface area contributed by atoms with Crippen molar-refractivity contribution in [3.63, 3.8) is 0 Å². The highest BCUT2D eigenvalue weighted by Gasteiger charge is 2.17. The average molecular weight is 333 g/mol. The van der Waals surface area contributed by atoms with Crippen molar-refractivity contribution in [2.45, 2.75) is 13.5 Å². The second-order valence-electron chi connectivity index (χ2n) is 5.66. The van der Waals surface area contributed by atoms with Crippen molar-refractivity contribution in [3.05, 3.63) is 90.4 Å². The molecule has 2 aromatic heterocycles. The van der Waals surface area contributed by atoms with Gasteiger partial charge in [0.1, 0.15) is 11.5 Å². The fourth-order valence-electron chi connectivity index (χ4n) is 2.84. The van der Waals surface area contributed by atoms with Crippen molar-refractivity contribution in [1.82, 2.24) is 9.61 Å². The van der Waals surface area contributed by atoms with Gasteiger partial charge < -0.3 is 5.73 Å². The number of hydrogen-bond donors (Lipinski definition) is 1. The molecule has 0 aliphatic heterocycles. The first-order valence-corrected chi connectivity index (χ1v) is 8.11. The number of nitrogens with zero attached hydrogens (tertiary/aromatic N) is 2. The van der Waals surface area contributed by atoms with Gasteiger partial charge in [0.2, 0.25) is 0 Å². The maximum atomic E-state index is 13.3. The van der Waals surface area contributed by atoms with E-state index < -0.39 is 0 Å². The third-order valence-electron chi connectivity index (χ3n) is 3.98. The summed E-state index contributed by atoms with van der Waals surface area (Å²) in [6.07, 6.45) is 9.61. The van der Waals surface area contributed by atoms with Gasteiger partial charge in [-0.1, -0.05) is 36.9 Å². The number of fused-ring (bicyclic) bond motifs is 1. The Morgan fingerprint density at radius 1 is 1.24 bits per heavy atom. The van der Waals surface area contributed by atoms with Gasteiger partial charge in [-0.3, -0.25) is 0 Å². The summed E-state index contributed by atoms with van der Waals surface area (Å²) >= 11 is 0. The third kappa shape index (κ3) is 3.30. The summed E-state index contributed by atoms with van der Waals surface area (Å²) in [5.41, 5.74) is 11.3. The molecule has 0 spiro atoms. The summed E-state index contributed by atoms with van der Waals surface area (Å²) in [5.74, 6) is -0.269. The molecular formula is C21H20FN3. The lowest BCUT2D eigenvalue weighted by Crippen LogP contribution is -1.98. The smallest absolute Gasteiger partial charge is 0.123 e. The van der Waals surface area contributed by atoms with Crippen molar-refractivity contribution in [2.24, 2.45) is 5.73 Å². The van der Waals surface area contributed by atoms with Crippen molar-refractivity contribution in [1.29, 1.82) is 0 Å². The minimum Gasteiger partial charge on any atom is -0.326 e. The normalized spacial score (nSPS) is 12.2. The van der Waals surface area contributed by atoms with Crippen molar-refractivity contribution in [2.75, 3.05) is 0 Å². The zero-order valence-corrected chi connectivity index (χ0v) is 14.1. The van der Waals surface area contributed by atoms with E-state index in [1.165, 1.54) is 12.1 Å². The molecule has 1 aromatic carbocycles. The third-order valence-corrected chi connectivity index (χ3v) is 3.98. The van der Waals surface area contributed by atoms with Crippen LogP contribution in [0.2, 0.25) is 0 Å². The SMILES string of the molecule is C=C/C=C(\C=C/C)c1c(-c2ccc(F)cc2)nn2cc(CN)ccc12. The lowest BCUT2D eigenvalue weighted by molar-refractivity contribution is 0.628. The van der Waals surface area contributed by atoms with E-state index in [0.29, 0.717) is 6.54 Å². The van der Waals surface area contributed by atoms with Crippen LogP contribution in [-0.4, -0.2) is 9.61 Å². The van der Waals surface area contributed by atoms with E-state index in [1.807, 2.05) is 48.0 Å². The molecule has 2 N–H and O–H groups in total. The fourth-order valence-corrected chi connectivity index (χ4v) is 2.84. The molecule has 2 heterocycles.